The van der Waals surface area contributed by atoms with Crippen LogP contribution in [0.5, 0.6) is 0 Å². The van der Waals surface area contributed by atoms with Crippen molar-refractivity contribution in [1.82, 2.24) is 10.6 Å². The second kappa shape index (κ2) is 11.9. The van der Waals surface area contributed by atoms with Crippen LogP contribution in [0.15, 0.2) is 84.9 Å². The predicted octanol–water partition coefficient (Wildman–Crippen LogP) is 5.48. The molecular weight excluding hydrogens is 410 g/mol. The third-order valence-electron chi connectivity index (χ3n) is 5.77. The Balaban J connectivity index is 1.60. The van der Waals surface area contributed by atoms with E-state index in [1.165, 1.54) is 11.1 Å². The van der Waals surface area contributed by atoms with Crippen LogP contribution in [0.3, 0.4) is 0 Å². The Bertz CT molecular complexity index is 996. The largest absolute Gasteiger partial charge is 0.354 e. The van der Waals surface area contributed by atoms with Crippen molar-refractivity contribution in [3.63, 3.8) is 0 Å². The first-order chi connectivity index (χ1) is 16.0. The number of rotatable bonds is 9. The molecule has 1 atom stereocenters. The van der Waals surface area contributed by atoms with Gasteiger partial charge in [-0.15, -0.1) is 0 Å². The number of para-hydroxylation sites is 1. The molecule has 3 rings (SSSR count). The zero-order chi connectivity index (χ0) is 23.6. The van der Waals surface area contributed by atoms with Gasteiger partial charge in [-0.05, 0) is 42.0 Å². The molecule has 3 aromatic carbocycles. The number of aryl methyl sites for hydroxylation is 1. The number of amides is 3. The summed E-state index contributed by atoms with van der Waals surface area (Å²) in [4.78, 5) is 25.5. The third kappa shape index (κ3) is 6.94. The number of nitrogens with one attached hydrogen (secondary N) is 3. The summed E-state index contributed by atoms with van der Waals surface area (Å²) in [5, 5.41) is 8.70. The predicted molar refractivity (Wildman–Crippen MR) is 134 cm³/mol. The van der Waals surface area contributed by atoms with Crippen LogP contribution in [0, 0.1) is 12.8 Å². The minimum Gasteiger partial charge on any atom is -0.354 e. The Kier molecular flexibility index (Phi) is 8.64. The van der Waals surface area contributed by atoms with Crippen molar-refractivity contribution in [2.24, 2.45) is 5.92 Å². The molecule has 3 amide bonds. The number of anilines is 1. The molecule has 0 heterocycles. The van der Waals surface area contributed by atoms with Gasteiger partial charge >= 0.3 is 6.03 Å². The second-order valence-corrected chi connectivity index (χ2v) is 8.59. The summed E-state index contributed by atoms with van der Waals surface area (Å²) >= 11 is 0. The van der Waals surface area contributed by atoms with Gasteiger partial charge in [-0.1, -0.05) is 92.7 Å². The first-order valence-electron chi connectivity index (χ1n) is 11.5. The lowest BCUT2D eigenvalue weighted by atomic mass is 9.88. The van der Waals surface area contributed by atoms with E-state index in [1.54, 1.807) is 0 Å². The molecule has 0 aliphatic carbocycles. The fourth-order valence-corrected chi connectivity index (χ4v) is 3.89. The van der Waals surface area contributed by atoms with Gasteiger partial charge in [-0.3, -0.25) is 4.79 Å². The highest BCUT2D eigenvalue weighted by atomic mass is 16.2. The van der Waals surface area contributed by atoms with Crippen molar-refractivity contribution in [3.8, 4) is 0 Å². The second-order valence-electron chi connectivity index (χ2n) is 8.59. The molecule has 33 heavy (non-hydrogen) atoms. The summed E-state index contributed by atoms with van der Waals surface area (Å²) in [6, 6.07) is 27.2. The monoisotopic (exact) mass is 443 g/mol. The van der Waals surface area contributed by atoms with E-state index < -0.39 is 6.04 Å². The molecule has 0 fully saturated rings. The quantitative estimate of drug-likeness (QED) is 0.410. The number of carbonyl (C=O) groups excluding carboxylic acids is 2. The number of carbonyl (C=O) groups is 2. The van der Waals surface area contributed by atoms with Gasteiger partial charge in [0.05, 0.1) is 0 Å². The van der Waals surface area contributed by atoms with Gasteiger partial charge < -0.3 is 16.0 Å². The highest BCUT2D eigenvalue weighted by molar-refractivity contribution is 5.94. The summed E-state index contributed by atoms with van der Waals surface area (Å²) in [5.74, 6) is -0.0426. The Morgan fingerprint density at radius 1 is 0.788 bits per heavy atom. The Labute approximate surface area is 196 Å². The molecular formula is C28H33N3O2. The van der Waals surface area contributed by atoms with E-state index in [2.05, 4.69) is 40.2 Å². The molecule has 0 aliphatic rings. The van der Waals surface area contributed by atoms with Crippen molar-refractivity contribution < 1.29 is 9.59 Å². The minimum absolute atomic E-state index is 0.0494. The normalized spacial score (nSPS) is 11.8. The lowest BCUT2D eigenvalue weighted by Gasteiger charge is -2.23. The van der Waals surface area contributed by atoms with E-state index in [0.717, 1.165) is 17.7 Å². The third-order valence-corrected chi connectivity index (χ3v) is 5.77. The number of benzene rings is 3. The average Bonchev–Trinajstić information content (AvgIpc) is 2.82. The van der Waals surface area contributed by atoms with E-state index in [1.807, 2.05) is 81.4 Å². The number of urea groups is 1. The maximum Gasteiger partial charge on any atom is 0.319 e. The summed E-state index contributed by atoms with van der Waals surface area (Å²) in [7, 11) is 0. The lowest BCUT2D eigenvalue weighted by Crippen LogP contribution is -2.51. The number of hydrogen-bond acceptors (Lipinski definition) is 2. The van der Waals surface area contributed by atoms with E-state index in [-0.39, 0.29) is 23.8 Å². The molecule has 0 aromatic heterocycles. The first kappa shape index (κ1) is 24.1. The van der Waals surface area contributed by atoms with Gasteiger partial charge in [-0.2, -0.15) is 0 Å². The van der Waals surface area contributed by atoms with Crippen LogP contribution in [-0.4, -0.2) is 24.5 Å². The smallest absolute Gasteiger partial charge is 0.319 e. The molecule has 0 saturated carbocycles. The zero-order valence-electron chi connectivity index (χ0n) is 19.5. The van der Waals surface area contributed by atoms with Crippen LogP contribution in [0.2, 0.25) is 0 Å². The van der Waals surface area contributed by atoms with Crippen LogP contribution in [0.1, 0.15) is 42.9 Å². The van der Waals surface area contributed by atoms with Crippen LogP contribution < -0.4 is 16.0 Å². The lowest BCUT2D eigenvalue weighted by molar-refractivity contribution is -0.123. The molecule has 0 spiro atoms. The van der Waals surface area contributed by atoms with Gasteiger partial charge in [0.1, 0.15) is 6.04 Å². The van der Waals surface area contributed by atoms with Gasteiger partial charge in [-0.25, -0.2) is 4.79 Å². The minimum atomic E-state index is -0.624. The van der Waals surface area contributed by atoms with Crippen molar-refractivity contribution in [2.45, 2.75) is 39.2 Å². The fourth-order valence-electron chi connectivity index (χ4n) is 3.89. The summed E-state index contributed by atoms with van der Waals surface area (Å²) in [6.07, 6.45) is 0.764. The fraction of sp³-hybridized carbons (Fsp3) is 0.286. The summed E-state index contributed by atoms with van der Waals surface area (Å²) in [5.41, 5.74) is 4.13. The standard InChI is InChI=1S/C28H33N3O2/c1-20(2)26(31-28(33)30-25-17-11-10-12-21(25)3)27(32)29-19-18-24(22-13-6-4-7-14-22)23-15-8-5-9-16-23/h4-17,20,24,26H,18-19H2,1-3H3,(H,29,32)(H2,30,31,33). The van der Waals surface area contributed by atoms with Crippen LogP contribution in [0.4, 0.5) is 10.5 Å². The van der Waals surface area contributed by atoms with Gasteiger partial charge in [0, 0.05) is 18.2 Å². The maximum absolute atomic E-state index is 12.9. The van der Waals surface area contributed by atoms with E-state index in [0.29, 0.717) is 6.54 Å². The molecule has 5 heteroatoms. The molecule has 3 N–H and O–H groups in total. The van der Waals surface area contributed by atoms with Crippen molar-refractivity contribution in [1.29, 1.82) is 0 Å². The highest BCUT2D eigenvalue weighted by Crippen LogP contribution is 2.27. The van der Waals surface area contributed by atoms with Crippen LogP contribution >= 0.6 is 0 Å². The Morgan fingerprint density at radius 3 is 1.88 bits per heavy atom. The van der Waals surface area contributed by atoms with Crippen molar-refractivity contribution in [3.05, 3.63) is 102 Å². The topological polar surface area (TPSA) is 70.2 Å². The Morgan fingerprint density at radius 2 is 1.33 bits per heavy atom. The van der Waals surface area contributed by atoms with Gasteiger partial charge in [0.2, 0.25) is 5.91 Å². The Hall–Kier alpha value is -3.60. The van der Waals surface area contributed by atoms with Crippen molar-refractivity contribution >= 4 is 17.6 Å². The van der Waals surface area contributed by atoms with Gasteiger partial charge in [0.15, 0.2) is 0 Å². The van der Waals surface area contributed by atoms with Gasteiger partial charge in [0.25, 0.3) is 0 Å². The first-order valence-corrected chi connectivity index (χ1v) is 11.5. The molecule has 5 nitrogen and oxygen atoms in total. The van der Waals surface area contributed by atoms with Crippen LogP contribution in [0.25, 0.3) is 0 Å². The molecule has 1 unspecified atom stereocenters. The molecule has 0 bridgehead atoms. The number of hydrogen-bond donors (Lipinski definition) is 3. The SMILES string of the molecule is Cc1ccccc1NC(=O)NC(C(=O)NCCC(c1ccccc1)c1ccccc1)C(C)C. The molecule has 172 valence electrons. The zero-order valence-corrected chi connectivity index (χ0v) is 19.5. The highest BCUT2D eigenvalue weighted by Gasteiger charge is 2.24. The molecule has 3 aromatic rings. The molecule has 0 aliphatic heterocycles. The average molecular weight is 444 g/mol. The molecule has 0 saturated heterocycles. The van der Waals surface area contributed by atoms with E-state index in [9.17, 15) is 9.59 Å². The maximum atomic E-state index is 12.9. The summed E-state index contributed by atoms with van der Waals surface area (Å²) < 4.78 is 0. The van der Waals surface area contributed by atoms with E-state index in [4.69, 9.17) is 0 Å². The van der Waals surface area contributed by atoms with Crippen LogP contribution in [-0.2, 0) is 4.79 Å². The van der Waals surface area contributed by atoms with Crippen molar-refractivity contribution in [2.75, 3.05) is 11.9 Å². The van der Waals surface area contributed by atoms with E-state index >= 15 is 0 Å². The molecule has 0 radical (unpaired) electrons. The summed E-state index contributed by atoms with van der Waals surface area (Å²) in [6.45, 7) is 6.29.